The minimum atomic E-state index is 0.805. The zero-order valence-corrected chi connectivity index (χ0v) is 7.21. The molecule has 3 heteroatoms. The molecule has 2 rings (SSSR count). The molecule has 0 spiro atoms. The highest BCUT2D eigenvalue weighted by Crippen LogP contribution is 2.14. The largest absolute Gasteiger partial charge is 0.348 e. The quantitative estimate of drug-likeness (QED) is 0.685. The number of aromatic nitrogens is 2. The second-order valence-electron chi connectivity index (χ2n) is 3.49. The maximum Gasteiger partial charge on any atom is 0.0921 e. The fourth-order valence-electron chi connectivity index (χ4n) is 1.81. The third-order valence-electron chi connectivity index (χ3n) is 2.46. The molecule has 2 heterocycles. The van der Waals surface area contributed by atoms with Crippen LogP contribution in [-0.4, -0.2) is 23.1 Å². The Morgan fingerprint density at radius 1 is 1.58 bits per heavy atom. The predicted octanol–water partition coefficient (Wildman–Crippen LogP) is 0.952. The number of piperidine rings is 1. The summed E-state index contributed by atoms with van der Waals surface area (Å²) in [7, 11) is 0. The van der Waals surface area contributed by atoms with Crippen molar-refractivity contribution in [2.75, 3.05) is 13.1 Å². The first-order valence-electron chi connectivity index (χ1n) is 4.63. The Labute approximate surface area is 72.6 Å². The Bertz CT molecular complexity index is 212. The zero-order chi connectivity index (χ0) is 8.23. The van der Waals surface area contributed by atoms with E-state index in [0.717, 1.165) is 12.3 Å². The van der Waals surface area contributed by atoms with Gasteiger partial charge in [0.1, 0.15) is 0 Å². The van der Waals surface area contributed by atoms with Gasteiger partial charge in [0.25, 0.3) is 0 Å². The Hall–Kier alpha value is -0.830. The lowest BCUT2D eigenvalue weighted by molar-refractivity contribution is 0.374. The average Bonchev–Trinajstić information content (AvgIpc) is 2.59. The van der Waals surface area contributed by atoms with Crippen molar-refractivity contribution in [2.45, 2.75) is 19.3 Å². The number of imidazole rings is 1. The lowest BCUT2D eigenvalue weighted by Gasteiger charge is -2.21. The molecule has 0 aliphatic carbocycles. The van der Waals surface area contributed by atoms with E-state index in [4.69, 9.17) is 0 Å². The number of H-pyrrole nitrogens is 1. The third kappa shape index (κ3) is 1.85. The van der Waals surface area contributed by atoms with Crippen LogP contribution in [0.2, 0.25) is 0 Å². The molecule has 0 aromatic carbocycles. The first kappa shape index (κ1) is 7.80. The van der Waals surface area contributed by atoms with Gasteiger partial charge in [-0.3, -0.25) is 0 Å². The number of hydrogen-bond donors (Lipinski definition) is 2. The summed E-state index contributed by atoms with van der Waals surface area (Å²) in [4.78, 5) is 7.16. The molecule has 1 aromatic rings. The first-order chi connectivity index (χ1) is 5.95. The van der Waals surface area contributed by atoms with Crippen LogP contribution < -0.4 is 5.32 Å². The van der Waals surface area contributed by atoms with Gasteiger partial charge in [0, 0.05) is 11.9 Å². The summed E-state index contributed by atoms with van der Waals surface area (Å²) in [5.74, 6) is 0.805. The molecular weight excluding hydrogens is 150 g/mol. The summed E-state index contributed by atoms with van der Waals surface area (Å²) in [6, 6.07) is 0. The van der Waals surface area contributed by atoms with Crippen LogP contribution in [0.15, 0.2) is 12.5 Å². The van der Waals surface area contributed by atoms with E-state index in [0.29, 0.717) is 0 Å². The molecule has 0 amide bonds. The van der Waals surface area contributed by atoms with Gasteiger partial charge in [0.2, 0.25) is 0 Å². The molecule has 2 N–H and O–H groups in total. The fourth-order valence-corrected chi connectivity index (χ4v) is 1.81. The highest BCUT2D eigenvalue weighted by Gasteiger charge is 2.13. The third-order valence-corrected chi connectivity index (χ3v) is 2.46. The molecular formula is C9H15N3. The minimum Gasteiger partial charge on any atom is -0.348 e. The highest BCUT2D eigenvalue weighted by molar-refractivity contribution is 4.96. The van der Waals surface area contributed by atoms with Crippen molar-refractivity contribution in [3.05, 3.63) is 18.2 Å². The standard InChI is InChI=1S/C9H15N3/c1-2-8(5-10-3-1)4-9-6-11-7-12-9/h6-8,10H,1-5H2,(H,11,12)/t8-/m1/s1. The lowest BCUT2D eigenvalue weighted by Crippen LogP contribution is -2.30. The van der Waals surface area contributed by atoms with Crippen molar-refractivity contribution in [1.82, 2.24) is 15.3 Å². The van der Waals surface area contributed by atoms with Crippen molar-refractivity contribution < 1.29 is 0 Å². The lowest BCUT2D eigenvalue weighted by atomic mass is 9.95. The minimum absolute atomic E-state index is 0.805. The van der Waals surface area contributed by atoms with Crippen LogP contribution in [0.5, 0.6) is 0 Å². The van der Waals surface area contributed by atoms with Gasteiger partial charge in [0.15, 0.2) is 0 Å². The molecule has 3 nitrogen and oxygen atoms in total. The van der Waals surface area contributed by atoms with E-state index in [1.54, 1.807) is 6.33 Å². The normalized spacial score (nSPS) is 24.2. The molecule has 1 atom stereocenters. The van der Waals surface area contributed by atoms with Gasteiger partial charge in [-0.1, -0.05) is 0 Å². The summed E-state index contributed by atoms with van der Waals surface area (Å²) >= 11 is 0. The summed E-state index contributed by atoms with van der Waals surface area (Å²) in [6.45, 7) is 2.36. The summed E-state index contributed by atoms with van der Waals surface area (Å²) in [6.07, 6.45) is 7.50. The van der Waals surface area contributed by atoms with Crippen LogP contribution in [0.3, 0.4) is 0 Å². The monoisotopic (exact) mass is 165 g/mol. The molecule has 0 bridgehead atoms. The van der Waals surface area contributed by atoms with E-state index >= 15 is 0 Å². The zero-order valence-electron chi connectivity index (χ0n) is 7.21. The molecule has 1 aliphatic heterocycles. The summed E-state index contributed by atoms with van der Waals surface area (Å²) in [5, 5.41) is 3.41. The summed E-state index contributed by atoms with van der Waals surface area (Å²) in [5.41, 5.74) is 1.27. The Kier molecular flexibility index (Phi) is 2.42. The molecule has 0 saturated carbocycles. The van der Waals surface area contributed by atoms with E-state index < -0.39 is 0 Å². The topological polar surface area (TPSA) is 40.7 Å². The maximum atomic E-state index is 4.01. The molecule has 0 radical (unpaired) electrons. The Morgan fingerprint density at radius 3 is 3.25 bits per heavy atom. The van der Waals surface area contributed by atoms with Crippen molar-refractivity contribution in [3.63, 3.8) is 0 Å². The Morgan fingerprint density at radius 2 is 2.58 bits per heavy atom. The van der Waals surface area contributed by atoms with Crippen LogP contribution in [0, 0.1) is 5.92 Å². The number of hydrogen-bond acceptors (Lipinski definition) is 2. The van der Waals surface area contributed by atoms with Crippen molar-refractivity contribution in [1.29, 1.82) is 0 Å². The van der Waals surface area contributed by atoms with Crippen LogP contribution >= 0.6 is 0 Å². The summed E-state index contributed by atoms with van der Waals surface area (Å²) < 4.78 is 0. The van der Waals surface area contributed by atoms with Gasteiger partial charge >= 0.3 is 0 Å². The fraction of sp³-hybridized carbons (Fsp3) is 0.667. The van der Waals surface area contributed by atoms with E-state index in [9.17, 15) is 0 Å². The second-order valence-corrected chi connectivity index (χ2v) is 3.49. The van der Waals surface area contributed by atoms with Gasteiger partial charge in [-0.15, -0.1) is 0 Å². The first-order valence-corrected chi connectivity index (χ1v) is 4.63. The van der Waals surface area contributed by atoms with Crippen molar-refractivity contribution in [3.8, 4) is 0 Å². The van der Waals surface area contributed by atoms with Gasteiger partial charge in [-0.25, -0.2) is 4.98 Å². The van der Waals surface area contributed by atoms with Gasteiger partial charge in [-0.2, -0.15) is 0 Å². The molecule has 66 valence electrons. The maximum absolute atomic E-state index is 4.01. The predicted molar refractivity (Wildman–Crippen MR) is 47.9 cm³/mol. The highest BCUT2D eigenvalue weighted by atomic mass is 14.9. The van der Waals surface area contributed by atoms with Crippen LogP contribution in [-0.2, 0) is 6.42 Å². The van der Waals surface area contributed by atoms with E-state index in [2.05, 4.69) is 15.3 Å². The molecule has 1 aliphatic rings. The van der Waals surface area contributed by atoms with Crippen LogP contribution in [0.25, 0.3) is 0 Å². The molecule has 1 aromatic heterocycles. The smallest absolute Gasteiger partial charge is 0.0921 e. The molecule has 0 unspecified atom stereocenters. The SMILES string of the molecule is c1ncc(C[C@H]2CCCNC2)[nH]1. The van der Waals surface area contributed by atoms with Crippen LogP contribution in [0.4, 0.5) is 0 Å². The van der Waals surface area contributed by atoms with Gasteiger partial charge in [-0.05, 0) is 38.3 Å². The molecule has 12 heavy (non-hydrogen) atoms. The second kappa shape index (κ2) is 3.72. The van der Waals surface area contributed by atoms with E-state index in [1.165, 1.54) is 31.6 Å². The number of nitrogens with zero attached hydrogens (tertiary/aromatic N) is 1. The average molecular weight is 165 g/mol. The Balaban J connectivity index is 1.86. The van der Waals surface area contributed by atoms with Crippen LogP contribution in [0.1, 0.15) is 18.5 Å². The van der Waals surface area contributed by atoms with E-state index in [-0.39, 0.29) is 0 Å². The van der Waals surface area contributed by atoms with Crippen molar-refractivity contribution in [2.24, 2.45) is 5.92 Å². The van der Waals surface area contributed by atoms with Gasteiger partial charge < -0.3 is 10.3 Å². The number of rotatable bonds is 2. The number of nitrogens with one attached hydrogen (secondary N) is 2. The number of aromatic amines is 1. The van der Waals surface area contributed by atoms with Crippen molar-refractivity contribution >= 4 is 0 Å². The molecule has 1 fully saturated rings. The van der Waals surface area contributed by atoms with E-state index in [1.807, 2.05) is 6.20 Å². The van der Waals surface area contributed by atoms with Gasteiger partial charge in [0.05, 0.1) is 6.33 Å². The molecule has 1 saturated heterocycles.